The number of carbonyl (C=O) groups excluding carboxylic acids is 1. The van der Waals surface area contributed by atoms with Gasteiger partial charge in [0.25, 0.3) is 0 Å². The minimum Gasteiger partial charge on any atom is -0.481 e. The number of carboxylic acids is 1. The monoisotopic (exact) mass is 259 g/mol. The van der Waals surface area contributed by atoms with Crippen molar-refractivity contribution in [3.05, 3.63) is 0 Å². The second-order valence-corrected chi connectivity index (χ2v) is 5.40. The maximum Gasteiger partial charge on any atom is 0.311 e. The van der Waals surface area contributed by atoms with Crippen molar-refractivity contribution in [2.24, 2.45) is 5.41 Å². The zero-order chi connectivity index (χ0) is 14.4. The summed E-state index contributed by atoms with van der Waals surface area (Å²) in [6.07, 6.45) is 0.988. The first-order valence-corrected chi connectivity index (χ1v) is 6.27. The lowest BCUT2D eigenvalue weighted by atomic mass is 9.74. The van der Waals surface area contributed by atoms with E-state index in [9.17, 15) is 9.59 Å². The van der Waals surface area contributed by atoms with E-state index in [4.69, 9.17) is 9.84 Å². The number of ether oxygens (including phenoxy) is 1. The predicted octanol–water partition coefficient (Wildman–Crippen LogP) is 1.81. The molecule has 0 aliphatic carbocycles. The van der Waals surface area contributed by atoms with E-state index < -0.39 is 16.9 Å². The molecule has 0 spiro atoms. The Bertz CT molecular complexity index is 297. The van der Waals surface area contributed by atoms with Crippen LogP contribution in [0.15, 0.2) is 0 Å². The number of hydrogen-bond donors (Lipinski definition) is 2. The summed E-state index contributed by atoms with van der Waals surface area (Å²) in [6.45, 7) is 9.75. The average molecular weight is 259 g/mol. The summed E-state index contributed by atoms with van der Waals surface area (Å²) >= 11 is 0. The number of rotatable bonds is 8. The number of carboxylic acid groups (broad SMARTS) is 1. The van der Waals surface area contributed by atoms with Gasteiger partial charge in [0, 0.05) is 25.2 Å². The largest absolute Gasteiger partial charge is 0.481 e. The highest BCUT2D eigenvalue weighted by Crippen LogP contribution is 2.30. The van der Waals surface area contributed by atoms with Crippen molar-refractivity contribution in [2.45, 2.75) is 53.0 Å². The van der Waals surface area contributed by atoms with Gasteiger partial charge < -0.3 is 15.2 Å². The van der Waals surface area contributed by atoms with Crippen LogP contribution in [-0.2, 0) is 14.3 Å². The molecular formula is C13H25NO4. The highest BCUT2D eigenvalue weighted by molar-refractivity contribution is 5.80. The van der Waals surface area contributed by atoms with Gasteiger partial charge in [0.2, 0.25) is 5.91 Å². The van der Waals surface area contributed by atoms with Gasteiger partial charge in [-0.3, -0.25) is 9.59 Å². The molecule has 0 bridgehead atoms. The first-order chi connectivity index (χ1) is 8.15. The molecule has 2 N–H and O–H groups in total. The van der Waals surface area contributed by atoms with E-state index in [0.29, 0.717) is 26.1 Å². The lowest BCUT2D eigenvalue weighted by Gasteiger charge is -2.38. The maximum absolute atomic E-state index is 11.7. The van der Waals surface area contributed by atoms with Gasteiger partial charge in [0.05, 0.1) is 5.41 Å². The molecule has 0 radical (unpaired) electrons. The van der Waals surface area contributed by atoms with Crippen LogP contribution in [0.25, 0.3) is 0 Å². The summed E-state index contributed by atoms with van der Waals surface area (Å²) in [4.78, 5) is 22.9. The Morgan fingerprint density at radius 2 is 1.78 bits per heavy atom. The Labute approximate surface area is 109 Å². The van der Waals surface area contributed by atoms with E-state index >= 15 is 0 Å². The van der Waals surface area contributed by atoms with Crippen LogP contribution in [-0.4, -0.2) is 35.7 Å². The molecule has 5 nitrogen and oxygen atoms in total. The second-order valence-electron chi connectivity index (χ2n) is 5.40. The van der Waals surface area contributed by atoms with Gasteiger partial charge >= 0.3 is 5.97 Å². The average Bonchev–Trinajstić information content (AvgIpc) is 2.23. The van der Waals surface area contributed by atoms with Gasteiger partial charge in [-0.15, -0.1) is 0 Å². The summed E-state index contributed by atoms with van der Waals surface area (Å²) in [6, 6.07) is 0. The van der Waals surface area contributed by atoms with Gasteiger partial charge in [0.1, 0.15) is 0 Å². The van der Waals surface area contributed by atoms with Gasteiger partial charge in [-0.25, -0.2) is 0 Å². The summed E-state index contributed by atoms with van der Waals surface area (Å²) in [5.41, 5.74) is -1.83. The third kappa shape index (κ3) is 4.64. The molecular weight excluding hydrogens is 234 g/mol. The molecule has 0 aliphatic heterocycles. The normalized spacial score (nSPS) is 12.3. The van der Waals surface area contributed by atoms with Gasteiger partial charge in [-0.2, -0.15) is 0 Å². The fraction of sp³-hybridized carbons (Fsp3) is 0.846. The van der Waals surface area contributed by atoms with Crippen LogP contribution >= 0.6 is 0 Å². The number of carbonyl (C=O) groups is 2. The van der Waals surface area contributed by atoms with Crippen molar-refractivity contribution in [2.75, 3.05) is 13.2 Å². The first kappa shape index (κ1) is 16.9. The van der Waals surface area contributed by atoms with Crippen molar-refractivity contribution in [3.8, 4) is 0 Å². The van der Waals surface area contributed by atoms with Crippen LogP contribution in [0.1, 0.15) is 47.5 Å². The van der Waals surface area contributed by atoms with Crippen LogP contribution in [0.2, 0.25) is 0 Å². The molecule has 0 aromatic heterocycles. The molecule has 0 fully saturated rings. The summed E-state index contributed by atoms with van der Waals surface area (Å²) in [7, 11) is 0. The van der Waals surface area contributed by atoms with E-state index in [-0.39, 0.29) is 5.91 Å². The Hall–Kier alpha value is -1.10. The predicted molar refractivity (Wildman–Crippen MR) is 69.4 cm³/mol. The molecule has 5 heteroatoms. The quantitative estimate of drug-likeness (QED) is 0.652. The standard InChI is InChI=1S/C13H25NO4/c1-6-18-9-7-8-10(15)14-13(4,5)12(2,3)11(16)17/h6-9H2,1-5H3,(H,14,15)(H,16,17). The van der Waals surface area contributed by atoms with Crippen molar-refractivity contribution in [1.29, 1.82) is 0 Å². The smallest absolute Gasteiger partial charge is 0.311 e. The van der Waals surface area contributed by atoms with E-state index in [0.717, 1.165) is 0 Å². The van der Waals surface area contributed by atoms with Crippen LogP contribution in [0.4, 0.5) is 0 Å². The maximum atomic E-state index is 11.7. The Morgan fingerprint density at radius 3 is 2.22 bits per heavy atom. The van der Waals surface area contributed by atoms with E-state index in [1.807, 2.05) is 6.92 Å². The molecule has 0 aromatic rings. The summed E-state index contributed by atoms with van der Waals surface area (Å²) in [5.74, 6) is -1.07. The zero-order valence-electron chi connectivity index (χ0n) is 12.0. The summed E-state index contributed by atoms with van der Waals surface area (Å²) in [5, 5.41) is 11.9. The zero-order valence-corrected chi connectivity index (χ0v) is 12.0. The minimum atomic E-state index is -1.03. The van der Waals surface area contributed by atoms with E-state index in [1.165, 1.54) is 0 Å². The molecule has 0 atom stereocenters. The molecule has 0 heterocycles. The fourth-order valence-corrected chi connectivity index (χ4v) is 1.31. The fourth-order valence-electron chi connectivity index (χ4n) is 1.31. The van der Waals surface area contributed by atoms with Crippen molar-refractivity contribution in [3.63, 3.8) is 0 Å². The molecule has 0 aliphatic rings. The van der Waals surface area contributed by atoms with E-state index in [2.05, 4.69) is 5.32 Å². The lowest BCUT2D eigenvalue weighted by molar-refractivity contribution is -0.151. The number of nitrogens with one attached hydrogen (secondary N) is 1. The first-order valence-electron chi connectivity index (χ1n) is 6.27. The van der Waals surface area contributed by atoms with Crippen molar-refractivity contribution < 1.29 is 19.4 Å². The number of hydrogen-bond acceptors (Lipinski definition) is 3. The molecule has 0 rings (SSSR count). The lowest BCUT2D eigenvalue weighted by Crippen LogP contribution is -2.56. The van der Waals surface area contributed by atoms with Crippen LogP contribution in [0, 0.1) is 5.41 Å². The molecule has 0 saturated heterocycles. The SMILES string of the molecule is CCOCCCC(=O)NC(C)(C)C(C)(C)C(=O)O. The summed E-state index contributed by atoms with van der Waals surface area (Å²) < 4.78 is 5.15. The van der Waals surface area contributed by atoms with Gasteiger partial charge in [-0.05, 0) is 41.0 Å². The van der Waals surface area contributed by atoms with Crippen molar-refractivity contribution >= 4 is 11.9 Å². The third-order valence-corrected chi connectivity index (χ3v) is 3.45. The third-order valence-electron chi connectivity index (χ3n) is 3.45. The Balaban J connectivity index is 4.32. The molecule has 0 aromatic carbocycles. The van der Waals surface area contributed by atoms with Crippen LogP contribution < -0.4 is 5.32 Å². The number of amides is 1. The molecule has 1 amide bonds. The molecule has 0 saturated carbocycles. The van der Waals surface area contributed by atoms with Crippen LogP contribution in [0.3, 0.4) is 0 Å². The molecule has 0 unspecified atom stereocenters. The highest BCUT2D eigenvalue weighted by Gasteiger charge is 2.44. The second kappa shape index (κ2) is 6.73. The minimum absolute atomic E-state index is 0.144. The van der Waals surface area contributed by atoms with Gasteiger partial charge in [0.15, 0.2) is 0 Å². The highest BCUT2D eigenvalue weighted by atomic mass is 16.5. The van der Waals surface area contributed by atoms with E-state index in [1.54, 1.807) is 27.7 Å². The van der Waals surface area contributed by atoms with Crippen LogP contribution in [0.5, 0.6) is 0 Å². The Kier molecular flexibility index (Phi) is 6.32. The number of aliphatic carboxylic acids is 1. The molecule has 18 heavy (non-hydrogen) atoms. The molecule has 106 valence electrons. The Morgan fingerprint density at radius 1 is 1.22 bits per heavy atom. The van der Waals surface area contributed by atoms with Crippen molar-refractivity contribution in [1.82, 2.24) is 5.32 Å². The topological polar surface area (TPSA) is 75.6 Å². The van der Waals surface area contributed by atoms with Gasteiger partial charge in [-0.1, -0.05) is 0 Å².